The summed E-state index contributed by atoms with van der Waals surface area (Å²) in [7, 11) is 0. The van der Waals surface area contributed by atoms with Gasteiger partial charge in [0.2, 0.25) is 5.88 Å². The van der Waals surface area contributed by atoms with Crippen LogP contribution in [0.15, 0.2) is 73.4 Å². The van der Waals surface area contributed by atoms with Crippen LogP contribution in [0.25, 0.3) is 33.9 Å². The van der Waals surface area contributed by atoms with E-state index in [0.717, 1.165) is 41.6 Å². The minimum absolute atomic E-state index is 0.164. The summed E-state index contributed by atoms with van der Waals surface area (Å²) in [5.74, 6) is 0.561. The number of rotatable bonds is 8. The van der Waals surface area contributed by atoms with Gasteiger partial charge in [-0.05, 0) is 36.5 Å². The summed E-state index contributed by atoms with van der Waals surface area (Å²) in [6, 6.07) is 13.1. The van der Waals surface area contributed by atoms with Crippen molar-refractivity contribution in [2.24, 2.45) is 5.41 Å². The number of pyridine rings is 2. The van der Waals surface area contributed by atoms with Gasteiger partial charge in [-0.1, -0.05) is 50.3 Å². The molecule has 0 radical (unpaired) electrons. The zero-order chi connectivity index (χ0) is 24.4. The molecule has 0 unspecified atom stereocenters. The Morgan fingerprint density at radius 3 is 2.54 bits per heavy atom. The standard InChI is InChI=1S/C28H27FN4O2/c1-3-19-13-25(35-17-28(18(2)34)10-7-11-28)30-15-22(19)21-12-23(29)26(31-14-21)27-32-16-24(33-27)20-8-5-4-6-9-20/h4-6,8-9,12-16,34H,2-3,7,10-11,17H2,1H3,(H,32,33). The first kappa shape index (κ1) is 22.8. The van der Waals surface area contributed by atoms with Gasteiger partial charge in [0, 0.05) is 29.6 Å². The molecular formula is C28H27FN4O2. The van der Waals surface area contributed by atoms with Crippen molar-refractivity contribution in [2.75, 3.05) is 6.61 Å². The third-order valence-electron chi connectivity index (χ3n) is 6.80. The molecule has 1 aliphatic carbocycles. The van der Waals surface area contributed by atoms with Gasteiger partial charge in [-0.3, -0.25) is 0 Å². The average Bonchev–Trinajstić information content (AvgIpc) is 3.33. The van der Waals surface area contributed by atoms with E-state index in [1.54, 1.807) is 18.6 Å². The Hall–Kier alpha value is -4.00. The second-order valence-electron chi connectivity index (χ2n) is 8.97. The highest BCUT2D eigenvalue weighted by Crippen LogP contribution is 2.45. The molecule has 1 aliphatic rings. The maximum Gasteiger partial charge on any atom is 0.213 e. The molecule has 0 spiro atoms. The number of H-pyrrole nitrogens is 1. The third kappa shape index (κ3) is 4.41. The van der Waals surface area contributed by atoms with Crippen molar-refractivity contribution in [3.63, 3.8) is 0 Å². The van der Waals surface area contributed by atoms with E-state index in [-0.39, 0.29) is 16.9 Å². The van der Waals surface area contributed by atoms with Gasteiger partial charge in [-0.15, -0.1) is 0 Å². The molecule has 7 heteroatoms. The highest BCUT2D eigenvalue weighted by Gasteiger charge is 2.41. The highest BCUT2D eigenvalue weighted by atomic mass is 19.1. The summed E-state index contributed by atoms with van der Waals surface area (Å²) in [6.45, 7) is 6.08. The summed E-state index contributed by atoms with van der Waals surface area (Å²) in [5.41, 5.74) is 3.96. The lowest BCUT2D eigenvalue weighted by atomic mass is 9.68. The molecule has 3 aromatic heterocycles. The van der Waals surface area contributed by atoms with Crippen LogP contribution in [-0.4, -0.2) is 31.6 Å². The maximum atomic E-state index is 15.1. The van der Waals surface area contributed by atoms with Crippen LogP contribution in [0.3, 0.4) is 0 Å². The van der Waals surface area contributed by atoms with Crippen molar-refractivity contribution in [1.29, 1.82) is 0 Å². The van der Waals surface area contributed by atoms with Crippen molar-refractivity contribution in [3.05, 3.63) is 84.8 Å². The van der Waals surface area contributed by atoms with E-state index in [1.807, 2.05) is 43.3 Å². The largest absolute Gasteiger partial charge is 0.512 e. The molecule has 35 heavy (non-hydrogen) atoms. The van der Waals surface area contributed by atoms with Gasteiger partial charge in [0.1, 0.15) is 12.3 Å². The fraction of sp³-hybridized carbons (Fsp3) is 0.250. The number of nitrogens with one attached hydrogen (secondary N) is 1. The van der Waals surface area contributed by atoms with Crippen molar-refractivity contribution in [3.8, 4) is 39.8 Å². The number of aliphatic hydroxyl groups is 1. The SMILES string of the molecule is C=C(O)C1(COc2cc(CC)c(-c3cnc(-c4ncc(-c5ccccc5)[nH]4)c(F)c3)cn2)CCC1. The van der Waals surface area contributed by atoms with E-state index in [1.165, 1.54) is 6.07 Å². The summed E-state index contributed by atoms with van der Waals surface area (Å²) in [4.78, 5) is 16.3. The number of hydrogen-bond donors (Lipinski definition) is 2. The molecular weight excluding hydrogens is 443 g/mol. The van der Waals surface area contributed by atoms with Crippen molar-refractivity contribution in [2.45, 2.75) is 32.6 Å². The Morgan fingerprint density at radius 2 is 1.89 bits per heavy atom. The second-order valence-corrected chi connectivity index (χ2v) is 8.97. The van der Waals surface area contributed by atoms with E-state index in [2.05, 4.69) is 26.5 Å². The number of nitrogens with zero attached hydrogens (tertiary/aromatic N) is 3. The average molecular weight is 471 g/mol. The molecule has 1 fully saturated rings. The fourth-order valence-electron chi connectivity index (χ4n) is 4.40. The molecule has 3 heterocycles. The molecule has 0 amide bonds. The first-order chi connectivity index (χ1) is 17.0. The molecule has 4 aromatic rings. The van der Waals surface area contributed by atoms with Crippen LogP contribution in [0.2, 0.25) is 0 Å². The maximum absolute atomic E-state index is 15.1. The molecule has 1 saturated carbocycles. The molecule has 0 atom stereocenters. The van der Waals surface area contributed by atoms with Gasteiger partial charge in [-0.2, -0.15) is 0 Å². The summed E-state index contributed by atoms with van der Waals surface area (Å²) in [5, 5.41) is 9.94. The first-order valence-electron chi connectivity index (χ1n) is 11.8. The Morgan fingerprint density at radius 1 is 1.09 bits per heavy atom. The minimum atomic E-state index is -0.466. The Balaban J connectivity index is 1.37. The van der Waals surface area contributed by atoms with E-state index in [9.17, 15) is 5.11 Å². The zero-order valence-electron chi connectivity index (χ0n) is 19.6. The van der Waals surface area contributed by atoms with Gasteiger partial charge in [-0.25, -0.2) is 19.3 Å². The van der Waals surface area contributed by atoms with Gasteiger partial charge in [0.25, 0.3) is 0 Å². The Kier molecular flexibility index (Phi) is 6.07. The molecule has 0 aliphatic heterocycles. The highest BCUT2D eigenvalue weighted by molar-refractivity contribution is 5.69. The number of aryl methyl sites for hydroxylation is 1. The molecule has 6 nitrogen and oxygen atoms in total. The smallest absolute Gasteiger partial charge is 0.213 e. The van der Waals surface area contributed by atoms with E-state index < -0.39 is 5.82 Å². The fourth-order valence-corrected chi connectivity index (χ4v) is 4.40. The predicted molar refractivity (Wildman–Crippen MR) is 133 cm³/mol. The number of imidazole rings is 1. The number of aliphatic hydroxyl groups excluding tert-OH is 1. The number of aromatic nitrogens is 4. The minimum Gasteiger partial charge on any atom is -0.512 e. The molecule has 2 N–H and O–H groups in total. The van der Waals surface area contributed by atoms with Gasteiger partial charge >= 0.3 is 0 Å². The van der Waals surface area contributed by atoms with Crippen LogP contribution in [0.5, 0.6) is 5.88 Å². The van der Waals surface area contributed by atoms with Crippen molar-refractivity contribution in [1.82, 2.24) is 19.9 Å². The summed E-state index contributed by atoms with van der Waals surface area (Å²) < 4.78 is 21.0. The molecule has 178 valence electrons. The molecule has 0 bridgehead atoms. The van der Waals surface area contributed by atoms with E-state index >= 15 is 4.39 Å². The van der Waals surface area contributed by atoms with Crippen LogP contribution in [0.1, 0.15) is 31.7 Å². The quantitative estimate of drug-likeness (QED) is 0.286. The van der Waals surface area contributed by atoms with Crippen LogP contribution in [-0.2, 0) is 6.42 Å². The summed E-state index contributed by atoms with van der Waals surface area (Å²) in [6.07, 6.45) is 8.49. The normalized spacial score (nSPS) is 14.3. The van der Waals surface area contributed by atoms with Gasteiger partial charge in [0.05, 0.1) is 23.1 Å². The lowest BCUT2D eigenvalue weighted by Gasteiger charge is -2.40. The summed E-state index contributed by atoms with van der Waals surface area (Å²) >= 11 is 0. The second kappa shape index (κ2) is 9.33. The van der Waals surface area contributed by atoms with Crippen LogP contribution in [0.4, 0.5) is 4.39 Å². The Bertz CT molecular complexity index is 1360. The monoisotopic (exact) mass is 470 g/mol. The number of halogens is 1. The van der Waals surface area contributed by atoms with Crippen molar-refractivity contribution >= 4 is 0 Å². The predicted octanol–water partition coefficient (Wildman–Crippen LogP) is 6.52. The van der Waals surface area contributed by atoms with Gasteiger partial charge < -0.3 is 14.8 Å². The van der Waals surface area contributed by atoms with Gasteiger partial charge in [0.15, 0.2) is 11.6 Å². The third-order valence-corrected chi connectivity index (χ3v) is 6.80. The number of benzene rings is 1. The number of ether oxygens (including phenoxy) is 1. The lowest BCUT2D eigenvalue weighted by molar-refractivity contribution is 0.0503. The topological polar surface area (TPSA) is 83.9 Å². The lowest BCUT2D eigenvalue weighted by Crippen LogP contribution is -2.37. The number of hydrogen-bond acceptors (Lipinski definition) is 5. The van der Waals surface area contributed by atoms with Crippen LogP contribution < -0.4 is 4.74 Å². The first-order valence-corrected chi connectivity index (χ1v) is 11.8. The molecule has 1 aromatic carbocycles. The zero-order valence-corrected chi connectivity index (χ0v) is 19.6. The van der Waals surface area contributed by atoms with Crippen LogP contribution in [0, 0.1) is 11.2 Å². The van der Waals surface area contributed by atoms with E-state index in [0.29, 0.717) is 30.3 Å². The number of aromatic amines is 1. The molecule has 0 saturated heterocycles. The van der Waals surface area contributed by atoms with Crippen molar-refractivity contribution < 1.29 is 14.2 Å². The van der Waals surface area contributed by atoms with E-state index in [4.69, 9.17) is 4.74 Å². The van der Waals surface area contributed by atoms with Crippen LogP contribution >= 0.6 is 0 Å². The molecule has 5 rings (SSSR count). The Labute approximate surface area is 203 Å².